The van der Waals surface area contributed by atoms with E-state index in [-0.39, 0.29) is 5.91 Å². The highest BCUT2D eigenvalue weighted by Crippen LogP contribution is 2.18. The number of carbonyl (C=O) groups excluding carboxylic acids is 1. The van der Waals surface area contributed by atoms with Crippen LogP contribution in [-0.2, 0) is 6.54 Å². The van der Waals surface area contributed by atoms with E-state index in [4.69, 9.17) is 4.74 Å². The highest BCUT2D eigenvalue weighted by molar-refractivity contribution is 6.03. The molecule has 2 N–H and O–H groups in total. The normalized spacial score (nSPS) is 10.4. The average Bonchev–Trinajstić information content (AvgIpc) is 2.68. The van der Waals surface area contributed by atoms with Crippen LogP contribution in [0.1, 0.15) is 33.0 Å². The van der Waals surface area contributed by atoms with E-state index >= 15 is 0 Å². The summed E-state index contributed by atoms with van der Waals surface area (Å²) in [5.74, 6) is 1.69. The molecule has 0 unspecified atom stereocenters. The number of anilines is 2. The van der Waals surface area contributed by atoms with Gasteiger partial charge < -0.3 is 15.4 Å². The van der Waals surface area contributed by atoms with E-state index in [0.29, 0.717) is 23.9 Å². The molecule has 0 atom stereocenters. The number of ether oxygens (including phenoxy) is 1. The van der Waals surface area contributed by atoms with Crippen molar-refractivity contribution >= 4 is 17.4 Å². The molecular weight excluding hydrogens is 352 g/mol. The van der Waals surface area contributed by atoms with Crippen LogP contribution in [0.25, 0.3) is 0 Å². The molecule has 0 saturated heterocycles. The van der Waals surface area contributed by atoms with Gasteiger partial charge in [0.15, 0.2) is 0 Å². The summed E-state index contributed by atoms with van der Waals surface area (Å²) in [6, 6.07) is 15.3. The van der Waals surface area contributed by atoms with Crippen LogP contribution >= 0.6 is 0 Å². The van der Waals surface area contributed by atoms with Crippen molar-refractivity contribution < 1.29 is 9.53 Å². The van der Waals surface area contributed by atoms with Gasteiger partial charge in [-0.25, -0.2) is 9.97 Å². The molecule has 0 bridgehead atoms. The zero-order valence-corrected chi connectivity index (χ0v) is 16.5. The summed E-state index contributed by atoms with van der Waals surface area (Å²) >= 11 is 0. The number of methoxy groups -OCH3 is 1. The van der Waals surface area contributed by atoms with Gasteiger partial charge in [-0.1, -0.05) is 29.8 Å². The highest BCUT2D eigenvalue weighted by Gasteiger charge is 2.12. The summed E-state index contributed by atoms with van der Waals surface area (Å²) in [5.41, 5.74) is 4.35. The third kappa shape index (κ3) is 4.85. The summed E-state index contributed by atoms with van der Waals surface area (Å²) in [5, 5.41) is 6.17. The van der Waals surface area contributed by atoms with E-state index < -0.39 is 0 Å². The number of nitrogens with one attached hydrogen (secondary N) is 2. The van der Waals surface area contributed by atoms with Crippen LogP contribution in [0.2, 0.25) is 0 Å². The minimum atomic E-state index is -0.259. The van der Waals surface area contributed by atoms with Crippen LogP contribution < -0.4 is 15.4 Å². The Morgan fingerprint density at radius 1 is 1.00 bits per heavy atom. The molecule has 1 heterocycles. The van der Waals surface area contributed by atoms with E-state index in [9.17, 15) is 4.79 Å². The van der Waals surface area contributed by atoms with Gasteiger partial charge in [0, 0.05) is 18.3 Å². The third-order valence-electron chi connectivity index (χ3n) is 4.33. The van der Waals surface area contributed by atoms with Crippen LogP contribution in [0.4, 0.5) is 11.5 Å². The number of carbonyl (C=O) groups is 1. The first-order valence-electron chi connectivity index (χ1n) is 9.05. The number of rotatable bonds is 6. The Hall–Kier alpha value is -3.41. The van der Waals surface area contributed by atoms with Crippen molar-refractivity contribution in [1.29, 1.82) is 0 Å². The Labute approximate surface area is 165 Å². The van der Waals surface area contributed by atoms with Crippen molar-refractivity contribution in [3.05, 3.63) is 76.7 Å². The molecule has 0 aliphatic heterocycles. The number of hydrogen-bond donors (Lipinski definition) is 2. The SMILES string of the molecule is COc1ccc(CNc2cc(C(=O)Nc3ccc(C)cc3C)nc(C)n2)cc1. The van der Waals surface area contributed by atoms with Crippen molar-refractivity contribution in [1.82, 2.24) is 9.97 Å². The smallest absolute Gasteiger partial charge is 0.274 e. The van der Waals surface area contributed by atoms with Gasteiger partial charge in [0.1, 0.15) is 23.1 Å². The molecular formula is C22H24N4O2. The number of aromatic nitrogens is 2. The molecule has 0 fully saturated rings. The van der Waals surface area contributed by atoms with Crippen LogP contribution in [0.5, 0.6) is 5.75 Å². The molecule has 2 aromatic carbocycles. The number of amides is 1. The minimum Gasteiger partial charge on any atom is -0.497 e. The molecule has 3 rings (SSSR count). The van der Waals surface area contributed by atoms with Crippen molar-refractivity contribution in [3.63, 3.8) is 0 Å². The zero-order chi connectivity index (χ0) is 20.1. The first kappa shape index (κ1) is 19.4. The van der Waals surface area contributed by atoms with Crippen molar-refractivity contribution in [2.75, 3.05) is 17.7 Å². The van der Waals surface area contributed by atoms with Gasteiger partial charge in [-0.05, 0) is 50.1 Å². The van der Waals surface area contributed by atoms with Gasteiger partial charge in [0.25, 0.3) is 5.91 Å². The molecule has 0 aliphatic carbocycles. The average molecular weight is 376 g/mol. The predicted octanol–water partition coefficient (Wildman–Crippen LogP) is 4.27. The maximum Gasteiger partial charge on any atom is 0.274 e. The molecule has 6 nitrogen and oxygen atoms in total. The lowest BCUT2D eigenvalue weighted by atomic mass is 10.1. The molecule has 6 heteroatoms. The van der Waals surface area contributed by atoms with Crippen molar-refractivity contribution in [2.45, 2.75) is 27.3 Å². The van der Waals surface area contributed by atoms with Gasteiger partial charge in [0.05, 0.1) is 7.11 Å². The Bertz CT molecular complexity index is 984. The van der Waals surface area contributed by atoms with E-state index in [1.807, 2.05) is 56.3 Å². The summed E-state index contributed by atoms with van der Waals surface area (Å²) in [6.45, 7) is 6.34. The van der Waals surface area contributed by atoms with Gasteiger partial charge in [0.2, 0.25) is 0 Å². The van der Waals surface area contributed by atoms with Crippen LogP contribution in [0, 0.1) is 20.8 Å². The molecule has 1 aromatic heterocycles. The first-order chi connectivity index (χ1) is 13.4. The molecule has 0 spiro atoms. The number of benzene rings is 2. The standard InChI is InChI=1S/C22H24N4O2/c1-14-5-10-19(15(2)11-14)26-22(27)20-12-21(25-16(3)24-20)23-13-17-6-8-18(28-4)9-7-17/h5-12H,13H2,1-4H3,(H,26,27)(H,23,24,25). The maximum atomic E-state index is 12.7. The highest BCUT2D eigenvalue weighted by atomic mass is 16.5. The third-order valence-corrected chi connectivity index (χ3v) is 4.33. The van der Waals surface area contributed by atoms with Gasteiger partial charge in [-0.3, -0.25) is 4.79 Å². The fourth-order valence-corrected chi connectivity index (χ4v) is 2.85. The Balaban J connectivity index is 1.71. The van der Waals surface area contributed by atoms with Gasteiger partial charge >= 0.3 is 0 Å². The van der Waals surface area contributed by atoms with E-state index in [1.165, 1.54) is 0 Å². The van der Waals surface area contributed by atoms with Crippen LogP contribution in [0.15, 0.2) is 48.5 Å². The van der Waals surface area contributed by atoms with Gasteiger partial charge in [-0.2, -0.15) is 0 Å². The number of aryl methyl sites for hydroxylation is 3. The summed E-state index contributed by atoms with van der Waals surface area (Å²) in [6.07, 6.45) is 0. The molecule has 0 radical (unpaired) electrons. The maximum absolute atomic E-state index is 12.7. The topological polar surface area (TPSA) is 76.1 Å². The number of nitrogens with zero attached hydrogens (tertiary/aromatic N) is 2. The van der Waals surface area contributed by atoms with Crippen LogP contribution in [-0.4, -0.2) is 23.0 Å². The summed E-state index contributed by atoms with van der Waals surface area (Å²) in [7, 11) is 1.64. The number of hydrogen-bond acceptors (Lipinski definition) is 5. The fourth-order valence-electron chi connectivity index (χ4n) is 2.85. The lowest BCUT2D eigenvalue weighted by Crippen LogP contribution is -2.16. The van der Waals surface area contributed by atoms with Gasteiger partial charge in [-0.15, -0.1) is 0 Å². The Kier molecular flexibility index (Phi) is 5.89. The molecule has 1 amide bonds. The Morgan fingerprint density at radius 2 is 1.75 bits per heavy atom. The second-order valence-electron chi connectivity index (χ2n) is 6.66. The summed E-state index contributed by atoms with van der Waals surface area (Å²) in [4.78, 5) is 21.3. The predicted molar refractivity (Wildman–Crippen MR) is 111 cm³/mol. The second-order valence-corrected chi connectivity index (χ2v) is 6.66. The monoisotopic (exact) mass is 376 g/mol. The quantitative estimate of drug-likeness (QED) is 0.672. The van der Waals surface area contributed by atoms with E-state index in [2.05, 4.69) is 20.6 Å². The Morgan fingerprint density at radius 3 is 2.43 bits per heavy atom. The summed E-state index contributed by atoms with van der Waals surface area (Å²) < 4.78 is 5.17. The lowest BCUT2D eigenvalue weighted by molar-refractivity contribution is 0.102. The zero-order valence-electron chi connectivity index (χ0n) is 16.5. The van der Waals surface area contributed by atoms with E-state index in [1.54, 1.807) is 20.1 Å². The fraction of sp³-hybridized carbons (Fsp3) is 0.227. The molecule has 0 aliphatic rings. The minimum absolute atomic E-state index is 0.259. The lowest BCUT2D eigenvalue weighted by Gasteiger charge is -2.11. The second kappa shape index (κ2) is 8.52. The molecule has 28 heavy (non-hydrogen) atoms. The largest absolute Gasteiger partial charge is 0.497 e. The molecule has 3 aromatic rings. The van der Waals surface area contributed by atoms with Crippen molar-refractivity contribution in [2.24, 2.45) is 0 Å². The first-order valence-corrected chi connectivity index (χ1v) is 9.05. The van der Waals surface area contributed by atoms with E-state index in [0.717, 1.165) is 28.1 Å². The molecule has 0 saturated carbocycles. The van der Waals surface area contributed by atoms with Crippen molar-refractivity contribution in [3.8, 4) is 5.75 Å². The molecule has 144 valence electrons. The van der Waals surface area contributed by atoms with Crippen LogP contribution in [0.3, 0.4) is 0 Å².